The van der Waals surface area contributed by atoms with Crippen molar-refractivity contribution in [2.45, 2.75) is 13.3 Å². The molecule has 15 heavy (non-hydrogen) atoms. The lowest BCUT2D eigenvalue weighted by atomic mass is 10.2. The van der Waals surface area contributed by atoms with Gasteiger partial charge in [-0.15, -0.1) is 4.73 Å². The topological polar surface area (TPSA) is 44.1 Å². The summed E-state index contributed by atoms with van der Waals surface area (Å²) in [5, 5.41) is 0.580. The lowest BCUT2D eigenvalue weighted by Crippen LogP contribution is -2.27. The number of hydrogen-bond donors (Lipinski definition) is 0. The third-order valence-corrected chi connectivity index (χ3v) is 2.07. The van der Waals surface area contributed by atoms with Crippen LogP contribution in [-0.2, 0) is 0 Å². The highest BCUT2D eigenvalue weighted by Gasteiger charge is 2.02. The maximum atomic E-state index is 11.8. The Bertz CT molecular complexity index is 519. The molecule has 0 saturated carbocycles. The molecule has 1 heterocycles. The van der Waals surface area contributed by atoms with Crippen LogP contribution in [-0.4, -0.2) is 16.3 Å². The summed E-state index contributed by atoms with van der Waals surface area (Å²) in [7, 11) is 0. The Labute approximate surface area is 87.1 Å². The molecular formula is C11H12N2O2. The molecule has 1 aromatic carbocycles. The molecule has 0 bridgehead atoms. The molecule has 0 aliphatic heterocycles. The summed E-state index contributed by atoms with van der Waals surface area (Å²) in [6, 6.07) is 7.22. The number of para-hydroxylation sites is 1. The van der Waals surface area contributed by atoms with Crippen molar-refractivity contribution in [3.63, 3.8) is 0 Å². The standard InChI is InChI=1S/C11H12N2O2/c1-2-7-15-13-8-12-10-6-4-3-5-9(10)11(13)14/h3-6,8H,2,7H2,1H3. The highest BCUT2D eigenvalue weighted by atomic mass is 16.7. The minimum absolute atomic E-state index is 0.158. The van der Waals surface area contributed by atoms with Crippen molar-refractivity contribution in [3.05, 3.63) is 40.9 Å². The third-order valence-electron chi connectivity index (χ3n) is 2.07. The number of nitrogens with zero attached hydrogens (tertiary/aromatic N) is 2. The van der Waals surface area contributed by atoms with E-state index in [0.29, 0.717) is 17.5 Å². The van der Waals surface area contributed by atoms with Crippen LogP contribution in [0.25, 0.3) is 10.9 Å². The number of aromatic nitrogens is 2. The summed E-state index contributed by atoms with van der Waals surface area (Å²) in [6.45, 7) is 2.50. The van der Waals surface area contributed by atoms with Gasteiger partial charge in [-0.1, -0.05) is 19.1 Å². The summed E-state index contributed by atoms with van der Waals surface area (Å²) in [5.41, 5.74) is 0.535. The van der Waals surface area contributed by atoms with Gasteiger partial charge in [0.25, 0.3) is 5.56 Å². The summed E-state index contributed by atoms with van der Waals surface area (Å²) in [6.07, 6.45) is 2.28. The lowest BCUT2D eigenvalue weighted by molar-refractivity contribution is 0.101. The molecule has 0 fully saturated rings. The molecule has 2 aromatic rings. The minimum Gasteiger partial charge on any atom is -0.409 e. The molecule has 2 rings (SSSR count). The number of rotatable bonds is 3. The maximum absolute atomic E-state index is 11.8. The minimum atomic E-state index is -0.158. The molecule has 0 aliphatic rings. The van der Waals surface area contributed by atoms with Crippen LogP contribution in [0.3, 0.4) is 0 Å². The van der Waals surface area contributed by atoms with Crippen molar-refractivity contribution in [1.82, 2.24) is 9.71 Å². The van der Waals surface area contributed by atoms with E-state index in [1.807, 2.05) is 19.1 Å². The van der Waals surface area contributed by atoms with Crippen LogP contribution in [0.2, 0.25) is 0 Å². The van der Waals surface area contributed by atoms with E-state index in [9.17, 15) is 4.79 Å². The molecule has 0 aliphatic carbocycles. The van der Waals surface area contributed by atoms with Gasteiger partial charge in [-0.25, -0.2) is 4.98 Å². The van der Waals surface area contributed by atoms with Gasteiger partial charge in [0.1, 0.15) is 12.9 Å². The predicted molar refractivity (Wildman–Crippen MR) is 57.7 cm³/mol. The molecule has 0 N–H and O–H groups in total. The Morgan fingerprint density at radius 2 is 2.20 bits per heavy atom. The zero-order valence-electron chi connectivity index (χ0n) is 8.51. The van der Waals surface area contributed by atoms with Gasteiger partial charge >= 0.3 is 0 Å². The van der Waals surface area contributed by atoms with Gasteiger partial charge < -0.3 is 4.84 Å². The Balaban J connectivity index is 2.51. The van der Waals surface area contributed by atoms with Gasteiger partial charge in [0.15, 0.2) is 0 Å². The fourth-order valence-corrected chi connectivity index (χ4v) is 1.33. The first kappa shape index (κ1) is 9.71. The van der Waals surface area contributed by atoms with E-state index < -0.39 is 0 Å². The van der Waals surface area contributed by atoms with E-state index >= 15 is 0 Å². The van der Waals surface area contributed by atoms with Crippen molar-refractivity contribution in [1.29, 1.82) is 0 Å². The van der Waals surface area contributed by atoms with Gasteiger partial charge in [0.05, 0.1) is 10.9 Å². The molecule has 0 spiro atoms. The SMILES string of the molecule is CCCOn1cnc2ccccc2c1=O. The molecule has 4 heteroatoms. The number of hydrogen-bond acceptors (Lipinski definition) is 3. The molecule has 1 aromatic heterocycles. The Morgan fingerprint density at radius 1 is 1.40 bits per heavy atom. The number of benzene rings is 1. The van der Waals surface area contributed by atoms with E-state index in [1.165, 1.54) is 11.1 Å². The smallest absolute Gasteiger partial charge is 0.293 e. The van der Waals surface area contributed by atoms with Crippen LogP contribution in [0, 0.1) is 0 Å². The second-order valence-electron chi connectivity index (χ2n) is 3.23. The van der Waals surface area contributed by atoms with Gasteiger partial charge in [-0.2, -0.15) is 0 Å². The molecular weight excluding hydrogens is 192 g/mol. The molecule has 0 amide bonds. The van der Waals surface area contributed by atoms with E-state index in [1.54, 1.807) is 12.1 Å². The fraction of sp³-hybridized carbons (Fsp3) is 0.273. The Kier molecular flexibility index (Phi) is 2.67. The Hall–Kier alpha value is -1.84. The molecule has 0 radical (unpaired) electrons. The third kappa shape index (κ3) is 1.83. The summed E-state index contributed by atoms with van der Waals surface area (Å²) >= 11 is 0. The first-order valence-corrected chi connectivity index (χ1v) is 4.92. The predicted octanol–water partition coefficient (Wildman–Crippen LogP) is 1.24. The first-order valence-electron chi connectivity index (χ1n) is 4.92. The van der Waals surface area contributed by atoms with Crippen LogP contribution in [0.15, 0.2) is 35.4 Å². The summed E-state index contributed by atoms with van der Waals surface area (Å²) in [5.74, 6) is 0. The Morgan fingerprint density at radius 3 is 3.00 bits per heavy atom. The van der Waals surface area contributed by atoms with E-state index in [4.69, 9.17) is 4.84 Å². The maximum Gasteiger partial charge on any atom is 0.293 e. The van der Waals surface area contributed by atoms with Crippen LogP contribution in [0.1, 0.15) is 13.3 Å². The van der Waals surface area contributed by atoms with Crippen molar-refractivity contribution >= 4 is 10.9 Å². The molecule has 0 saturated heterocycles. The van der Waals surface area contributed by atoms with Crippen molar-refractivity contribution in [2.24, 2.45) is 0 Å². The van der Waals surface area contributed by atoms with Crippen molar-refractivity contribution in [3.8, 4) is 0 Å². The largest absolute Gasteiger partial charge is 0.409 e. The van der Waals surface area contributed by atoms with Gasteiger partial charge in [0.2, 0.25) is 0 Å². The highest BCUT2D eigenvalue weighted by Crippen LogP contribution is 2.03. The van der Waals surface area contributed by atoms with Gasteiger partial charge in [0, 0.05) is 0 Å². The van der Waals surface area contributed by atoms with E-state index in [0.717, 1.165) is 6.42 Å². The zero-order chi connectivity index (χ0) is 10.7. The lowest BCUT2D eigenvalue weighted by Gasteiger charge is -2.06. The normalized spacial score (nSPS) is 10.5. The average Bonchev–Trinajstić information content (AvgIpc) is 2.29. The van der Waals surface area contributed by atoms with E-state index in [-0.39, 0.29) is 5.56 Å². The summed E-state index contributed by atoms with van der Waals surface area (Å²) < 4.78 is 1.19. The summed E-state index contributed by atoms with van der Waals surface area (Å²) in [4.78, 5) is 21.2. The van der Waals surface area contributed by atoms with Crippen LogP contribution in [0.5, 0.6) is 0 Å². The average molecular weight is 204 g/mol. The number of fused-ring (bicyclic) bond motifs is 1. The first-order chi connectivity index (χ1) is 7.33. The second kappa shape index (κ2) is 4.13. The zero-order valence-corrected chi connectivity index (χ0v) is 8.51. The molecule has 4 nitrogen and oxygen atoms in total. The molecule has 0 unspecified atom stereocenters. The fourth-order valence-electron chi connectivity index (χ4n) is 1.33. The van der Waals surface area contributed by atoms with Crippen LogP contribution >= 0.6 is 0 Å². The van der Waals surface area contributed by atoms with Crippen molar-refractivity contribution in [2.75, 3.05) is 6.61 Å². The van der Waals surface area contributed by atoms with Gasteiger partial charge in [-0.3, -0.25) is 4.79 Å². The van der Waals surface area contributed by atoms with Gasteiger partial charge in [-0.05, 0) is 18.6 Å². The molecule has 0 atom stereocenters. The van der Waals surface area contributed by atoms with E-state index in [2.05, 4.69) is 4.98 Å². The van der Waals surface area contributed by atoms with Crippen LogP contribution < -0.4 is 10.4 Å². The molecule has 78 valence electrons. The highest BCUT2D eigenvalue weighted by molar-refractivity contribution is 5.76. The monoisotopic (exact) mass is 204 g/mol. The quantitative estimate of drug-likeness (QED) is 0.755. The van der Waals surface area contributed by atoms with Crippen LogP contribution in [0.4, 0.5) is 0 Å². The van der Waals surface area contributed by atoms with Crippen molar-refractivity contribution < 1.29 is 4.84 Å². The second-order valence-corrected chi connectivity index (χ2v) is 3.23.